The van der Waals surface area contributed by atoms with Crippen LogP contribution in [0.2, 0.25) is 0 Å². The molecule has 4 nitrogen and oxygen atoms in total. The van der Waals surface area contributed by atoms with Crippen LogP contribution in [0.5, 0.6) is 0 Å². The van der Waals surface area contributed by atoms with Crippen LogP contribution in [-0.2, 0) is 4.79 Å². The molecule has 0 saturated carbocycles. The Labute approximate surface area is 135 Å². The highest BCUT2D eigenvalue weighted by Crippen LogP contribution is 2.22. The fourth-order valence-electron chi connectivity index (χ4n) is 2.81. The molecule has 1 aromatic heterocycles. The quantitative estimate of drug-likeness (QED) is 0.870. The van der Waals surface area contributed by atoms with Crippen molar-refractivity contribution in [1.29, 1.82) is 0 Å². The van der Waals surface area contributed by atoms with Gasteiger partial charge in [-0.15, -0.1) is 11.3 Å². The lowest BCUT2D eigenvalue weighted by Crippen LogP contribution is -2.49. The molecule has 5 heteroatoms. The molecule has 1 unspecified atom stereocenters. The molecule has 116 valence electrons. The molecule has 0 N–H and O–H groups in total. The maximum atomic E-state index is 12.5. The van der Waals surface area contributed by atoms with Gasteiger partial charge in [0.15, 0.2) is 5.13 Å². The van der Waals surface area contributed by atoms with Gasteiger partial charge in [0.2, 0.25) is 5.91 Å². The minimum atomic E-state index is 0.259. The first-order chi connectivity index (χ1) is 10.7. The monoisotopic (exact) mass is 315 g/mol. The van der Waals surface area contributed by atoms with Crippen LogP contribution in [0, 0.1) is 0 Å². The molecule has 22 heavy (non-hydrogen) atoms. The standard InChI is InChI=1S/C17H21N3OS/c1-14(15-5-3-2-4-6-15)13-16(21)19-8-10-20(11-9-19)17-18-7-12-22-17/h2-7,12,14H,8-11,13H2,1H3. The largest absolute Gasteiger partial charge is 0.345 e. The predicted molar refractivity (Wildman–Crippen MR) is 90.4 cm³/mol. The van der Waals surface area contributed by atoms with E-state index in [0.29, 0.717) is 6.42 Å². The van der Waals surface area contributed by atoms with Crippen molar-refractivity contribution in [2.75, 3.05) is 31.1 Å². The molecule has 1 fully saturated rings. The van der Waals surface area contributed by atoms with Crippen LogP contribution in [0.3, 0.4) is 0 Å². The van der Waals surface area contributed by atoms with E-state index >= 15 is 0 Å². The fraction of sp³-hybridized carbons (Fsp3) is 0.412. The van der Waals surface area contributed by atoms with E-state index in [2.05, 4.69) is 28.9 Å². The Bertz CT molecular complexity index is 592. The lowest BCUT2D eigenvalue weighted by atomic mass is 9.97. The lowest BCUT2D eigenvalue weighted by molar-refractivity contribution is -0.131. The first-order valence-electron chi connectivity index (χ1n) is 7.71. The summed E-state index contributed by atoms with van der Waals surface area (Å²) in [5.41, 5.74) is 1.23. The number of amides is 1. The summed E-state index contributed by atoms with van der Waals surface area (Å²) in [6, 6.07) is 10.3. The molecule has 0 spiro atoms. The number of carbonyl (C=O) groups excluding carboxylic acids is 1. The van der Waals surface area contributed by atoms with E-state index in [-0.39, 0.29) is 11.8 Å². The molecule has 1 atom stereocenters. The Balaban J connectivity index is 1.52. The second kappa shape index (κ2) is 6.92. The van der Waals surface area contributed by atoms with Crippen molar-refractivity contribution in [3.05, 3.63) is 47.5 Å². The third kappa shape index (κ3) is 3.47. The normalized spacial score (nSPS) is 16.6. The maximum absolute atomic E-state index is 12.5. The van der Waals surface area contributed by atoms with Gasteiger partial charge < -0.3 is 9.80 Å². The van der Waals surface area contributed by atoms with Crippen LogP contribution in [0.1, 0.15) is 24.8 Å². The summed E-state index contributed by atoms with van der Waals surface area (Å²) >= 11 is 1.66. The number of carbonyl (C=O) groups is 1. The summed E-state index contributed by atoms with van der Waals surface area (Å²) in [7, 11) is 0. The van der Waals surface area contributed by atoms with Crippen molar-refractivity contribution in [2.24, 2.45) is 0 Å². The van der Waals surface area contributed by atoms with Gasteiger partial charge in [0.05, 0.1) is 0 Å². The molecule has 1 aliphatic heterocycles. The van der Waals surface area contributed by atoms with Crippen molar-refractivity contribution in [2.45, 2.75) is 19.3 Å². The summed E-state index contributed by atoms with van der Waals surface area (Å²) in [5, 5.41) is 3.05. The van der Waals surface area contributed by atoms with Crippen molar-refractivity contribution in [3.8, 4) is 0 Å². The van der Waals surface area contributed by atoms with Gasteiger partial charge >= 0.3 is 0 Å². The summed E-state index contributed by atoms with van der Waals surface area (Å²) in [5.74, 6) is 0.529. The summed E-state index contributed by atoms with van der Waals surface area (Å²) in [6.45, 7) is 5.46. The van der Waals surface area contributed by atoms with Crippen LogP contribution < -0.4 is 4.90 Å². The van der Waals surface area contributed by atoms with Gasteiger partial charge in [-0.2, -0.15) is 0 Å². The minimum absolute atomic E-state index is 0.259. The zero-order valence-electron chi connectivity index (χ0n) is 12.8. The predicted octanol–water partition coefficient (Wildman–Crippen LogP) is 2.99. The van der Waals surface area contributed by atoms with E-state index in [1.807, 2.05) is 34.7 Å². The number of aromatic nitrogens is 1. The van der Waals surface area contributed by atoms with Gasteiger partial charge in [-0.1, -0.05) is 37.3 Å². The molecule has 1 aromatic carbocycles. The SMILES string of the molecule is CC(CC(=O)N1CCN(c2nccs2)CC1)c1ccccc1. The highest BCUT2D eigenvalue weighted by molar-refractivity contribution is 7.13. The average molecular weight is 315 g/mol. The van der Waals surface area contributed by atoms with Gasteiger partial charge in [-0.05, 0) is 11.5 Å². The van der Waals surface area contributed by atoms with Gasteiger partial charge in [0.1, 0.15) is 0 Å². The van der Waals surface area contributed by atoms with E-state index < -0.39 is 0 Å². The Morgan fingerprint density at radius 1 is 1.23 bits per heavy atom. The first-order valence-corrected chi connectivity index (χ1v) is 8.59. The summed E-state index contributed by atoms with van der Waals surface area (Å²) in [6.07, 6.45) is 2.42. The van der Waals surface area contributed by atoms with Crippen molar-refractivity contribution in [3.63, 3.8) is 0 Å². The molecular formula is C17H21N3OS. The molecular weight excluding hydrogens is 294 g/mol. The number of benzene rings is 1. The minimum Gasteiger partial charge on any atom is -0.345 e. The van der Waals surface area contributed by atoms with Gasteiger partial charge in [0, 0.05) is 44.2 Å². The van der Waals surface area contributed by atoms with Crippen molar-refractivity contribution >= 4 is 22.4 Å². The fourth-order valence-corrected chi connectivity index (χ4v) is 3.51. The maximum Gasteiger partial charge on any atom is 0.223 e. The second-order valence-corrected chi connectivity index (χ2v) is 6.57. The number of piperazine rings is 1. The van der Waals surface area contributed by atoms with Gasteiger partial charge in [-0.25, -0.2) is 4.98 Å². The molecule has 1 amide bonds. The summed E-state index contributed by atoms with van der Waals surface area (Å²) in [4.78, 5) is 21.1. The molecule has 0 bridgehead atoms. The Morgan fingerprint density at radius 2 is 1.95 bits per heavy atom. The number of hydrogen-bond donors (Lipinski definition) is 0. The van der Waals surface area contributed by atoms with Crippen molar-refractivity contribution in [1.82, 2.24) is 9.88 Å². The van der Waals surface area contributed by atoms with E-state index in [4.69, 9.17) is 0 Å². The molecule has 0 radical (unpaired) electrons. The first kappa shape index (κ1) is 15.0. The van der Waals surface area contributed by atoms with Crippen LogP contribution in [0.25, 0.3) is 0 Å². The number of thiazole rings is 1. The molecule has 2 heterocycles. The van der Waals surface area contributed by atoms with Gasteiger partial charge in [0.25, 0.3) is 0 Å². The zero-order chi connectivity index (χ0) is 15.4. The third-order valence-electron chi connectivity index (χ3n) is 4.17. The smallest absolute Gasteiger partial charge is 0.223 e. The van der Waals surface area contributed by atoms with E-state index in [0.717, 1.165) is 31.3 Å². The highest BCUT2D eigenvalue weighted by Gasteiger charge is 2.23. The number of anilines is 1. The van der Waals surface area contributed by atoms with E-state index in [1.165, 1.54) is 5.56 Å². The van der Waals surface area contributed by atoms with Gasteiger partial charge in [-0.3, -0.25) is 4.79 Å². The van der Waals surface area contributed by atoms with E-state index in [9.17, 15) is 4.79 Å². The van der Waals surface area contributed by atoms with Crippen LogP contribution in [-0.4, -0.2) is 42.0 Å². The van der Waals surface area contributed by atoms with Crippen LogP contribution in [0.4, 0.5) is 5.13 Å². The Morgan fingerprint density at radius 3 is 2.59 bits per heavy atom. The number of rotatable bonds is 4. The molecule has 3 rings (SSSR count). The zero-order valence-corrected chi connectivity index (χ0v) is 13.6. The Hall–Kier alpha value is -1.88. The molecule has 0 aliphatic carbocycles. The third-order valence-corrected chi connectivity index (χ3v) is 5.00. The molecule has 1 aliphatic rings. The molecule has 2 aromatic rings. The number of hydrogen-bond acceptors (Lipinski definition) is 4. The lowest BCUT2D eigenvalue weighted by Gasteiger charge is -2.35. The Kier molecular flexibility index (Phi) is 4.73. The van der Waals surface area contributed by atoms with Crippen LogP contribution in [0.15, 0.2) is 41.9 Å². The average Bonchev–Trinajstić information content (AvgIpc) is 3.10. The number of nitrogens with zero attached hydrogens (tertiary/aromatic N) is 3. The highest BCUT2D eigenvalue weighted by atomic mass is 32.1. The van der Waals surface area contributed by atoms with Crippen molar-refractivity contribution < 1.29 is 4.79 Å². The topological polar surface area (TPSA) is 36.4 Å². The van der Waals surface area contributed by atoms with E-state index in [1.54, 1.807) is 11.3 Å². The molecule has 1 saturated heterocycles. The van der Waals surface area contributed by atoms with Crippen LogP contribution >= 0.6 is 11.3 Å². The second-order valence-electron chi connectivity index (χ2n) is 5.70. The summed E-state index contributed by atoms with van der Waals surface area (Å²) < 4.78 is 0.